The van der Waals surface area contributed by atoms with Gasteiger partial charge < -0.3 is 20.3 Å². The number of ether oxygens (including phenoxy) is 1. The standard InChI is InChI=1S/C19H21FN4O3/c1-2-3-7-24(11-13-5-4-6-21-10-13)19(26)22-14-8-15(20)18-16(9-14)23-17(25)12-27-18/h4-6,8-10H,2-3,7,11-12H2,1H3,(H,22,26)(H,23,25). The monoisotopic (exact) mass is 372 g/mol. The molecule has 2 aromatic rings. The Labute approximate surface area is 156 Å². The van der Waals surface area contributed by atoms with Crippen LogP contribution in [-0.2, 0) is 11.3 Å². The molecule has 142 valence electrons. The lowest BCUT2D eigenvalue weighted by atomic mass is 10.2. The number of amides is 3. The first-order valence-electron chi connectivity index (χ1n) is 8.78. The van der Waals surface area contributed by atoms with Gasteiger partial charge in [-0.25, -0.2) is 9.18 Å². The summed E-state index contributed by atoms with van der Waals surface area (Å²) >= 11 is 0. The molecule has 0 aliphatic carbocycles. The Morgan fingerprint density at radius 2 is 2.30 bits per heavy atom. The van der Waals surface area contributed by atoms with Crippen LogP contribution in [0.2, 0.25) is 0 Å². The number of benzene rings is 1. The number of aromatic nitrogens is 1. The predicted octanol–water partition coefficient (Wildman–Crippen LogP) is 3.39. The number of anilines is 2. The van der Waals surface area contributed by atoms with Gasteiger partial charge in [-0.1, -0.05) is 19.4 Å². The van der Waals surface area contributed by atoms with Crippen molar-refractivity contribution in [3.63, 3.8) is 0 Å². The second-order valence-electron chi connectivity index (χ2n) is 6.24. The van der Waals surface area contributed by atoms with E-state index < -0.39 is 5.82 Å². The van der Waals surface area contributed by atoms with E-state index in [1.165, 1.54) is 12.1 Å². The summed E-state index contributed by atoms with van der Waals surface area (Å²) in [5, 5.41) is 5.24. The van der Waals surface area contributed by atoms with Gasteiger partial charge in [-0.3, -0.25) is 9.78 Å². The third-order valence-corrected chi connectivity index (χ3v) is 4.08. The highest BCUT2D eigenvalue weighted by atomic mass is 19.1. The van der Waals surface area contributed by atoms with Gasteiger partial charge in [0.1, 0.15) is 0 Å². The molecular formula is C19H21FN4O3. The van der Waals surface area contributed by atoms with Crippen LogP contribution in [-0.4, -0.2) is 35.0 Å². The molecule has 0 radical (unpaired) electrons. The summed E-state index contributed by atoms with van der Waals surface area (Å²) in [6.45, 7) is 2.77. The normalized spacial score (nSPS) is 12.6. The van der Waals surface area contributed by atoms with Gasteiger partial charge in [0, 0.05) is 37.2 Å². The highest BCUT2D eigenvalue weighted by Gasteiger charge is 2.22. The van der Waals surface area contributed by atoms with Crippen LogP contribution in [0.5, 0.6) is 5.75 Å². The average Bonchev–Trinajstić information content (AvgIpc) is 2.65. The zero-order valence-corrected chi connectivity index (χ0v) is 15.0. The van der Waals surface area contributed by atoms with E-state index in [1.54, 1.807) is 17.3 Å². The molecule has 1 aliphatic rings. The fourth-order valence-corrected chi connectivity index (χ4v) is 2.75. The van der Waals surface area contributed by atoms with Gasteiger partial charge in [0.25, 0.3) is 5.91 Å². The Bertz CT molecular complexity index is 829. The van der Waals surface area contributed by atoms with Crippen molar-refractivity contribution >= 4 is 23.3 Å². The molecule has 2 N–H and O–H groups in total. The Kier molecular flexibility index (Phi) is 5.85. The Balaban J connectivity index is 1.75. The summed E-state index contributed by atoms with van der Waals surface area (Å²) in [5.74, 6) is -1.03. The minimum Gasteiger partial charge on any atom is -0.478 e. The number of nitrogens with one attached hydrogen (secondary N) is 2. The smallest absolute Gasteiger partial charge is 0.322 e. The van der Waals surface area contributed by atoms with Crippen molar-refractivity contribution in [2.45, 2.75) is 26.3 Å². The van der Waals surface area contributed by atoms with Crippen molar-refractivity contribution in [3.05, 3.63) is 48.0 Å². The fraction of sp³-hybridized carbons (Fsp3) is 0.316. The van der Waals surface area contributed by atoms with Crippen molar-refractivity contribution in [3.8, 4) is 5.75 Å². The van der Waals surface area contributed by atoms with Crippen LogP contribution < -0.4 is 15.4 Å². The zero-order valence-electron chi connectivity index (χ0n) is 15.0. The highest BCUT2D eigenvalue weighted by Crippen LogP contribution is 2.34. The Hall–Kier alpha value is -3.16. The Morgan fingerprint density at radius 3 is 3.04 bits per heavy atom. The lowest BCUT2D eigenvalue weighted by Gasteiger charge is -2.24. The van der Waals surface area contributed by atoms with E-state index >= 15 is 0 Å². The van der Waals surface area contributed by atoms with Gasteiger partial charge in [0.05, 0.1) is 5.69 Å². The first kappa shape index (κ1) is 18.6. The van der Waals surface area contributed by atoms with Crippen LogP contribution >= 0.6 is 0 Å². The van der Waals surface area contributed by atoms with Crippen molar-refractivity contribution in [1.82, 2.24) is 9.88 Å². The van der Waals surface area contributed by atoms with E-state index in [0.717, 1.165) is 18.4 Å². The summed E-state index contributed by atoms with van der Waals surface area (Å²) in [6, 6.07) is 6.01. The fourth-order valence-electron chi connectivity index (χ4n) is 2.75. The van der Waals surface area contributed by atoms with E-state index in [4.69, 9.17) is 4.74 Å². The molecule has 0 fully saturated rings. The third-order valence-electron chi connectivity index (χ3n) is 4.08. The molecule has 3 amide bonds. The van der Waals surface area contributed by atoms with Crippen LogP contribution in [0.4, 0.5) is 20.6 Å². The molecule has 8 heteroatoms. The number of nitrogens with zero attached hydrogens (tertiary/aromatic N) is 2. The maximum Gasteiger partial charge on any atom is 0.322 e. The number of carbonyl (C=O) groups is 2. The lowest BCUT2D eigenvalue weighted by Crippen LogP contribution is -2.35. The second-order valence-corrected chi connectivity index (χ2v) is 6.24. The van der Waals surface area contributed by atoms with Crippen LogP contribution in [0.25, 0.3) is 0 Å². The molecule has 0 saturated carbocycles. The zero-order chi connectivity index (χ0) is 19.2. The predicted molar refractivity (Wildman–Crippen MR) is 99.1 cm³/mol. The summed E-state index contributed by atoms with van der Waals surface area (Å²) in [5.41, 5.74) is 1.35. The summed E-state index contributed by atoms with van der Waals surface area (Å²) < 4.78 is 19.3. The molecule has 0 saturated heterocycles. The number of halogens is 1. The maximum absolute atomic E-state index is 14.2. The molecule has 0 atom stereocenters. The third kappa shape index (κ3) is 4.72. The van der Waals surface area contributed by atoms with E-state index in [-0.39, 0.29) is 35.7 Å². The molecule has 1 aromatic heterocycles. The Morgan fingerprint density at radius 1 is 1.44 bits per heavy atom. The molecule has 3 rings (SSSR count). The lowest BCUT2D eigenvalue weighted by molar-refractivity contribution is -0.118. The molecule has 1 aliphatic heterocycles. The van der Waals surface area contributed by atoms with Gasteiger partial charge in [-0.15, -0.1) is 0 Å². The topological polar surface area (TPSA) is 83.6 Å². The van der Waals surface area contributed by atoms with E-state index in [0.29, 0.717) is 13.1 Å². The summed E-state index contributed by atoms with van der Waals surface area (Å²) in [7, 11) is 0. The molecular weight excluding hydrogens is 351 g/mol. The maximum atomic E-state index is 14.2. The molecule has 0 spiro atoms. The quantitative estimate of drug-likeness (QED) is 0.814. The first-order valence-corrected chi connectivity index (χ1v) is 8.78. The van der Waals surface area contributed by atoms with Gasteiger partial charge in [0.15, 0.2) is 18.2 Å². The largest absolute Gasteiger partial charge is 0.478 e. The first-order chi connectivity index (χ1) is 13.1. The molecule has 27 heavy (non-hydrogen) atoms. The minimum atomic E-state index is -0.643. The van der Waals surface area contributed by atoms with Crippen molar-refractivity contribution < 1.29 is 18.7 Å². The molecule has 1 aromatic carbocycles. The van der Waals surface area contributed by atoms with Crippen molar-refractivity contribution in [1.29, 1.82) is 0 Å². The highest BCUT2D eigenvalue weighted by molar-refractivity contribution is 5.97. The van der Waals surface area contributed by atoms with E-state index in [1.807, 2.05) is 19.1 Å². The number of fused-ring (bicyclic) bond motifs is 1. The average molecular weight is 372 g/mol. The second kappa shape index (κ2) is 8.48. The number of hydrogen-bond acceptors (Lipinski definition) is 4. The van der Waals surface area contributed by atoms with Crippen molar-refractivity contribution in [2.24, 2.45) is 0 Å². The van der Waals surface area contributed by atoms with Crippen LogP contribution in [0.3, 0.4) is 0 Å². The summed E-state index contributed by atoms with van der Waals surface area (Å²) in [6.07, 6.45) is 5.16. The summed E-state index contributed by atoms with van der Waals surface area (Å²) in [4.78, 5) is 29.9. The van der Waals surface area contributed by atoms with Crippen LogP contribution in [0.1, 0.15) is 25.3 Å². The van der Waals surface area contributed by atoms with Gasteiger partial charge in [-0.05, 0) is 24.1 Å². The van der Waals surface area contributed by atoms with E-state index in [9.17, 15) is 14.0 Å². The number of rotatable bonds is 6. The van der Waals surface area contributed by atoms with Gasteiger partial charge in [-0.2, -0.15) is 0 Å². The molecule has 2 heterocycles. The number of urea groups is 1. The van der Waals surface area contributed by atoms with Crippen LogP contribution in [0.15, 0.2) is 36.7 Å². The van der Waals surface area contributed by atoms with Crippen molar-refractivity contribution in [2.75, 3.05) is 23.8 Å². The minimum absolute atomic E-state index is 0.0224. The molecule has 0 unspecified atom stereocenters. The van der Waals surface area contributed by atoms with E-state index in [2.05, 4.69) is 15.6 Å². The van der Waals surface area contributed by atoms with Gasteiger partial charge >= 0.3 is 6.03 Å². The SMILES string of the molecule is CCCCN(Cc1cccnc1)C(=O)Nc1cc(F)c2c(c1)NC(=O)CO2. The molecule has 7 nitrogen and oxygen atoms in total. The number of hydrogen-bond donors (Lipinski definition) is 2. The molecule has 0 bridgehead atoms. The number of carbonyl (C=O) groups excluding carboxylic acids is 2. The van der Waals surface area contributed by atoms with Crippen LogP contribution in [0, 0.1) is 5.82 Å². The van der Waals surface area contributed by atoms with Gasteiger partial charge in [0.2, 0.25) is 0 Å². The number of unbranched alkanes of at least 4 members (excludes halogenated alkanes) is 1. The number of pyridine rings is 1.